The molecule has 0 radical (unpaired) electrons. The van der Waals surface area contributed by atoms with Crippen LogP contribution in [-0.4, -0.2) is 42.6 Å². The van der Waals surface area contributed by atoms with Crippen molar-refractivity contribution in [2.45, 2.75) is 18.8 Å². The van der Waals surface area contributed by atoms with Crippen LogP contribution in [0.15, 0.2) is 43.0 Å². The molecule has 5 rings (SSSR count). The zero-order chi connectivity index (χ0) is 23.8. The molecule has 0 bridgehead atoms. The topological polar surface area (TPSA) is 88.5 Å². The van der Waals surface area contributed by atoms with Crippen molar-refractivity contribution in [1.29, 1.82) is 5.26 Å². The molecular formula is C24H22F2N8. The van der Waals surface area contributed by atoms with Gasteiger partial charge in [-0.15, -0.1) is 10.2 Å². The summed E-state index contributed by atoms with van der Waals surface area (Å²) in [6, 6.07) is 8.04. The molecule has 1 fully saturated rings. The Labute approximate surface area is 195 Å². The molecule has 0 unspecified atom stereocenters. The van der Waals surface area contributed by atoms with Crippen LogP contribution in [0.4, 0.5) is 14.5 Å². The van der Waals surface area contributed by atoms with Gasteiger partial charge in [-0.25, -0.2) is 9.37 Å². The SMILES string of the molecule is Cn1ccc(-c2cc(F)c(-c3ccc(F)nc3)c(N3CCC(c4nncn4C)CC3)c2C#N)n1. The van der Waals surface area contributed by atoms with Gasteiger partial charge in [0.15, 0.2) is 0 Å². The van der Waals surface area contributed by atoms with E-state index < -0.39 is 11.8 Å². The molecule has 0 atom stereocenters. The molecule has 0 aliphatic carbocycles. The third-order valence-corrected chi connectivity index (χ3v) is 6.29. The van der Waals surface area contributed by atoms with E-state index >= 15 is 4.39 Å². The highest BCUT2D eigenvalue weighted by Crippen LogP contribution is 2.43. The summed E-state index contributed by atoms with van der Waals surface area (Å²) >= 11 is 0. The molecule has 172 valence electrons. The quantitative estimate of drug-likeness (QED) is 0.431. The smallest absolute Gasteiger partial charge is 0.212 e. The van der Waals surface area contributed by atoms with E-state index in [0.717, 1.165) is 18.7 Å². The average molecular weight is 460 g/mol. The molecule has 0 amide bonds. The van der Waals surface area contributed by atoms with Crippen LogP contribution in [0.5, 0.6) is 0 Å². The Bertz CT molecular complexity index is 1380. The standard InChI is InChI=1S/C24H22F2N8/c1-32-14-29-30-24(32)15-5-9-34(10-6-15)23-18(12-27)17(20-7-8-33(2)31-20)11-19(25)22(23)16-3-4-21(26)28-13-16/h3-4,7-8,11,13-15H,5-6,9-10H2,1-2H3. The van der Waals surface area contributed by atoms with Gasteiger partial charge < -0.3 is 9.47 Å². The van der Waals surface area contributed by atoms with Crippen LogP contribution >= 0.6 is 0 Å². The first-order valence-electron chi connectivity index (χ1n) is 10.9. The lowest BCUT2D eigenvalue weighted by atomic mass is 9.91. The summed E-state index contributed by atoms with van der Waals surface area (Å²) in [4.78, 5) is 5.74. The highest BCUT2D eigenvalue weighted by molar-refractivity contribution is 5.89. The predicted octanol–water partition coefficient (Wildman–Crippen LogP) is 3.81. The number of hydrogen-bond acceptors (Lipinski definition) is 6. The van der Waals surface area contributed by atoms with Crippen LogP contribution in [0, 0.1) is 23.1 Å². The number of aryl methyl sites for hydroxylation is 2. The van der Waals surface area contributed by atoms with E-state index in [2.05, 4.69) is 26.3 Å². The van der Waals surface area contributed by atoms with Gasteiger partial charge in [0.1, 0.15) is 24.0 Å². The van der Waals surface area contributed by atoms with Crippen molar-refractivity contribution in [2.75, 3.05) is 18.0 Å². The third-order valence-electron chi connectivity index (χ3n) is 6.29. The first-order chi connectivity index (χ1) is 16.5. The van der Waals surface area contributed by atoms with Gasteiger partial charge in [0.25, 0.3) is 0 Å². The Morgan fingerprint density at radius 2 is 1.91 bits per heavy atom. The molecule has 1 aromatic carbocycles. The van der Waals surface area contributed by atoms with Crippen LogP contribution in [0.2, 0.25) is 0 Å². The summed E-state index contributed by atoms with van der Waals surface area (Å²) in [5.41, 5.74) is 2.39. The molecule has 8 nitrogen and oxygen atoms in total. The maximum atomic E-state index is 15.7. The molecule has 1 saturated heterocycles. The minimum Gasteiger partial charge on any atom is -0.370 e. The number of anilines is 1. The number of piperidine rings is 1. The fourth-order valence-electron chi connectivity index (χ4n) is 4.65. The summed E-state index contributed by atoms with van der Waals surface area (Å²) in [5, 5.41) is 22.8. The molecule has 0 saturated carbocycles. The predicted molar refractivity (Wildman–Crippen MR) is 122 cm³/mol. The van der Waals surface area contributed by atoms with Crippen LogP contribution in [-0.2, 0) is 14.1 Å². The van der Waals surface area contributed by atoms with Gasteiger partial charge in [-0.1, -0.05) is 0 Å². The normalized spacial score (nSPS) is 14.4. The maximum absolute atomic E-state index is 15.7. The van der Waals surface area contributed by atoms with Crippen molar-refractivity contribution in [3.63, 3.8) is 0 Å². The molecule has 1 aliphatic rings. The van der Waals surface area contributed by atoms with E-state index in [0.29, 0.717) is 41.2 Å². The number of halogens is 2. The van der Waals surface area contributed by atoms with Crippen LogP contribution in [0.25, 0.3) is 22.4 Å². The monoisotopic (exact) mass is 460 g/mol. The fraction of sp³-hybridized carbons (Fsp3) is 0.292. The summed E-state index contributed by atoms with van der Waals surface area (Å²) in [5.74, 6) is -0.0372. The number of pyridine rings is 1. The third kappa shape index (κ3) is 3.79. The van der Waals surface area contributed by atoms with E-state index in [-0.39, 0.29) is 11.5 Å². The van der Waals surface area contributed by atoms with Gasteiger partial charge in [-0.2, -0.15) is 14.8 Å². The maximum Gasteiger partial charge on any atom is 0.212 e. The first-order valence-corrected chi connectivity index (χ1v) is 10.9. The second-order valence-electron chi connectivity index (χ2n) is 8.42. The Balaban J connectivity index is 1.63. The zero-order valence-corrected chi connectivity index (χ0v) is 18.8. The van der Waals surface area contributed by atoms with Crippen LogP contribution in [0.3, 0.4) is 0 Å². The van der Waals surface area contributed by atoms with Crippen LogP contribution in [0.1, 0.15) is 30.1 Å². The number of benzene rings is 1. The van der Waals surface area contributed by atoms with Crippen molar-refractivity contribution < 1.29 is 8.78 Å². The van der Waals surface area contributed by atoms with Crippen molar-refractivity contribution in [1.82, 2.24) is 29.5 Å². The van der Waals surface area contributed by atoms with E-state index in [4.69, 9.17) is 0 Å². The zero-order valence-electron chi connectivity index (χ0n) is 18.8. The Hall–Kier alpha value is -4.13. The van der Waals surface area contributed by atoms with Gasteiger partial charge in [0.2, 0.25) is 5.95 Å². The molecule has 3 aromatic heterocycles. The first kappa shape index (κ1) is 21.7. The number of rotatable bonds is 4. The van der Waals surface area contributed by atoms with Crippen LogP contribution < -0.4 is 4.90 Å². The summed E-state index contributed by atoms with van der Waals surface area (Å²) in [7, 11) is 3.68. The van der Waals surface area contributed by atoms with Crippen molar-refractivity contribution >= 4 is 5.69 Å². The minimum atomic E-state index is -0.652. The van der Waals surface area contributed by atoms with Gasteiger partial charge in [0.05, 0.1) is 16.9 Å². The Kier molecular flexibility index (Phi) is 5.53. The minimum absolute atomic E-state index is 0.217. The average Bonchev–Trinajstić information content (AvgIpc) is 3.47. The summed E-state index contributed by atoms with van der Waals surface area (Å²) in [6.45, 7) is 1.19. The van der Waals surface area contributed by atoms with Gasteiger partial charge in [-0.3, -0.25) is 4.68 Å². The molecule has 4 aromatic rings. The molecular weight excluding hydrogens is 438 g/mol. The van der Waals surface area contributed by atoms with Gasteiger partial charge in [0, 0.05) is 62.2 Å². The van der Waals surface area contributed by atoms with Crippen molar-refractivity contribution in [3.8, 4) is 28.5 Å². The lowest BCUT2D eigenvalue weighted by molar-refractivity contribution is 0.474. The molecule has 10 heteroatoms. The fourth-order valence-corrected chi connectivity index (χ4v) is 4.65. The Morgan fingerprint density at radius 3 is 2.50 bits per heavy atom. The summed E-state index contributed by atoms with van der Waals surface area (Å²) < 4.78 is 32.7. The van der Waals surface area contributed by atoms with Gasteiger partial charge in [-0.05, 0) is 37.1 Å². The molecule has 1 aliphatic heterocycles. The van der Waals surface area contributed by atoms with Crippen molar-refractivity contribution in [3.05, 3.63) is 66.1 Å². The number of nitriles is 1. The second-order valence-corrected chi connectivity index (χ2v) is 8.42. The van der Waals surface area contributed by atoms with E-state index in [1.807, 2.05) is 16.5 Å². The van der Waals surface area contributed by atoms with E-state index in [1.165, 1.54) is 24.4 Å². The number of hydrogen-bond donors (Lipinski definition) is 0. The molecule has 34 heavy (non-hydrogen) atoms. The summed E-state index contributed by atoms with van der Waals surface area (Å²) in [6.07, 6.45) is 6.27. The largest absolute Gasteiger partial charge is 0.370 e. The highest BCUT2D eigenvalue weighted by Gasteiger charge is 2.30. The molecule has 0 spiro atoms. The molecule has 4 heterocycles. The lowest BCUT2D eigenvalue weighted by Gasteiger charge is -2.35. The lowest BCUT2D eigenvalue weighted by Crippen LogP contribution is -2.34. The Morgan fingerprint density at radius 1 is 1.12 bits per heavy atom. The van der Waals surface area contributed by atoms with E-state index in [9.17, 15) is 9.65 Å². The van der Waals surface area contributed by atoms with Gasteiger partial charge >= 0.3 is 0 Å². The number of aromatic nitrogens is 6. The van der Waals surface area contributed by atoms with E-state index in [1.54, 1.807) is 30.3 Å². The molecule has 0 N–H and O–H groups in total. The van der Waals surface area contributed by atoms with Crippen molar-refractivity contribution in [2.24, 2.45) is 14.1 Å². The number of nitrogens with zero attached hydrogens (tertiary/aromatic N) is 8. The highest BCUT2D eigenvalue weighted by atomic mass is 19.1. The second kappa shape index (κ2) is 8.67.